The van der Waals surface area contributed by atoms with Gasteiger partial charge in [0, 0.05) is 7.11 Å². The molecule has 0 spiro atoms. The SMILES string of the molecule is COCC(C)(O)CC1CCCC1. The van der Waals surface area contributed by atoms with Gasteiger partial charge < -0.3 is 9.84 Å². The van der Waals surface area contributed by atoms with Crippen LogP contribution in [-0.4, -0.2) is 24.4 Å². The Balaban J connectivity index is 2.27. The van der Waals surface area contributed by atoms with Gasteiger partial charge in [0.05, 0.1) is 12.2 Å². The molecule has 1 fully saturated rings. The molecular weight excluding hydrogens is 152 g/mol. The van der Waals surface area contributed by atoms with Gasteiger partial charge in [-0.3, -0.25) is 0 Å². The predicted octanol–water partition coefficient (Wildman–Crippen LogP) is 1.96. The zero-order valence-electron chi connectivity index (χ0n) is 8.18. The summed E-state index contributed by atoms with van der Waals surface area (Å²) < 4.78 is 4.97. The first kappa shape index (κ1) is 10.0. The molecule has 0 bridgehead atoms. The van der Waals surface area contributed by atoms with E-state index in [4.69, 9.17) is 4.74 Å². The topological polar surface area (TPSA) is 29.5 Å². The van der Waals surface area contributed by atoms with Crippen molar-refractivity contribution in [3.63, 3.8) is 0 Å². The fourth-order valence-corrected chi connectivity index (χ4v) is 2.21. The summed E-state index contributed by atoms with van der Waals surface area (Å²) in [5.74, 6) is 0.732. The van der Waals surface area contributed by atoms with Crippen molar-refractivity contribution in [2.45, 2.75) is 44.6 Å². The lowest BCUT2D eigenvalue weighted by molar-refractivity contribution is -0.0328. The van der Waals surface area contributed by atoms with Crippen LogP contribution in [0.4, 0.5) is 0 Å². The molecule has 1 unspecified atom stereocenters. The van der Waals surface area contributed by atoms with Gasteiger partial charge in [-0.2, -0.15) is 0 Å². The van der Waals surface area contributed by atoms with Crippen LogP contribution in [0.25, 0.3) is 0 Å². The molecule has 0 radical (unpaired) electrons. The Morgan fingerprint density at radius 1 is 1.42 bits per heavy atom. The first-order chi connectivity index (χ1) is 5.64. The molecule has 72 valence electrons. The summed E-state index contributed by atoms with van der Waals surface area (Å²) in [4.78, 5) is 0. The number of ether oxygens (including phenoxy) is 1. The van der Waals surface area contributed by atoms with Crippen molar-refractivity contribution < 1.29 is 9.84 Å². The van der Waals surface area contributed by atoms with Gasteiger partial charge in [0.1, 0.15) is 0 Å². The highest BCUT2D eigenvalue weighted by molar-refractivity contribution is 4.79. The lowest BCUT2D eigenvalue weighted by Gasteiger charge is -2.25. The number of methoxy groups -OCH3 is 1. The second-order valence-corrected chi connectivity index (χ2v) is 4.28. The summed E-state index contributed by atoms with van der Waals surface area (Å²) in [5.41, 5.74) is -0.607. The van der Waals surface area contributed by atoms with Gasteiger partial charge in [-0.05, 0) is 19.3 Å². The summed E-state index contributed by atoms with van der Waals surface area (Å²) in [6, 6.07) is 0. The van der Waals surface area contributed by atoms with Crippen molar-refractivity contribution in [3.05, 3.63) is 0 Å². The highest BCUT2D eigenvalue weighted by Gasteiger charge is 2.27. The van der Waals surface area contributed by atoms with E-state index in [1.807, 2.05) is 6.92 Å². The van der Waals surface area contributed by atoms with E-state index in [2.05, 4.69) is 0 Å². The Bertz CT molecular complexity index is 126. The molecular formula is C10H20O2. The van der Waals surface area contributed by atoms with Crippen LogP contribution in [0.15, 0.2) is 0 Å². The molecule has 0 aliphatic heterocycles. The molecule has 0 aromatic carbocycles. The average Bonchev–Trinajstić information content (AvgIpc) is 2.38. The van der Waals surface area contributed by atoms with Crippen molar-refractivity contribution in [1.29, 1.82) is 0 Å². The summed E-state index contributed by atoms with van der Waals surface area (Å²) >= 11 is 0. The van der Waals surface area contributed by atoms with Crippen molar-refractivity contribution in [2.24, 2.45) is 5.92 Å². The first-order valence-corrected chi connectivity index (χ1v) is 4.85. The van der Waals surface area contributed by atoms with Gasteiger partial charge in [-0.15, -0.1) is 0 Å². The summed E-state index contributed by atoms with van der Waals surface area (Å²) in [6.45, 7) is 2.33. The molecule has 2 heteroatoms. The fraction of sp³-hybridized carbons (Fsp3) is 1.00. The first-order valence-electron chi connectivity index (χ1n) is 4.85. The molecule has 2 nitrogen and oxygen atoms in total. The summed E-state index contributed by atoms with van der Waals surface area (Å²) in [6.07, 6.45) is 6.17. The minimum Gasteiger partial charge on any atom is -0.388 e. The maximum Gasteiger partial charge on any atom is 0.0854 e. The Morgan fingerprint density at radius 2 is 2.00 bits per heavy atom. The maximum atomic E-state index is 9.85. The zero-order chi connectivity index (χ0) is 9.03. The third kappa shape index (κ3) is 3.11. The van der Waals surface area contributed by atoms with Crippen molar-refractivity contribution in [1.82, 2.24) is 0 Å². The Hall–Kier alpha value is -0.0800. The molecule has 0 aromatic heterocycles. The van der Waals surface area contributed by atoms with Gasteiger partial charge in [0.15, 0.2) is 0 Å². The highest BCUT2D eigenvalue weighted by Crippen LogP contribution is 2.31. The van der Waals surface area contributed by atoms with Crippen LogP contribution in [-0.2, 0) is 4.74 Å². The van der Waals surface area contributed by atoms with E-state index in [1.54, 1.807) is 7.11 Å². The number of aliphatic hydroxyl groups is 1. The van der Waals surface area contributed by atoms with Crippen LogP contribution >= 0.6 is 0 Å². The van der Waals surface area contributed by atoms with Crippen molar-refractivity contribution in [3.8, 4) is 0 Å². The lowest BCUT2D eigenvalue weighted by Crippen LogP contribution is -2.32. The Labute approximate surface area is 74.9 Å². The third-order valence-corrected chi connectivity index (χ3v) is 2.66. The molecule has 1 atom stereocenters. The van der Waals surface area contributed by atoms with Gasteiger partial charge in [0.25, 0.3) is 0 Å². The van der Waals surface area contributed by atoms with Crippen molar-refractivity contribution in [2.75, 3.05) is 13.7 Å². The number of hydrogen-bond acceptors (Lipinski definition) is 2. The lowest BCUT2D eigenvalue weighted by atomic mass is 9.91. The molecule has 0 amide bonds. The van der Waals surface area contributed by atoms with Crippen LogP contribution in [0.5, 0.6) is 0 Å². The largest absolute Gasteiger partial charge is 0.388 e. The number of hydrogen-bond donors (Lipinski definition) is 1. The molecule has 1 rings (SSSR count). The van der Waals surface area contributed by atoms with Gasteiger partial charge in [-0.25, -0.2) is 0 Å². The molecule has 1 saturated carbocycles. The number of rotatable bonds is 4. The third-order valence-electron chi connectivity index (χ3n) is 2.66. The van der Waals surface area contributed by atoms with E-state index in [1.165, 1.54) is 25.7 Å². The quantitative estimate of drug-likeness (QED) is 0.702. The van der Waals surface area contributed by atoms with E-state index in [0.29, 0.717) is 6.61 Å². The Kier molecular flexibility index (Phi) is 3.53. The van der Waals surface area contributed by atoms with Gasteiger partial charge in [0.2, 0.25) is 0 Å². The predicted molar refractivity (Wildman–Crippen MR) is 49.1 cm³/mol. The minimum atomic E-state index is -0.607. The standard InChI is InChI=1S/C10H20O2/c1-10(11,8-12-2)7-9-5-3-4-6-9/h9,11H,3-8H2,1-2H3. The Morgan fingerprint density at radius 3 is 2.50 bits per heavy atom. The van der Waals surface area contributed by atoms with Crippen LogP contribution in [0.2, 0.25) is 0 Å². The highest BCUT2D eigenvalue weighted by atomic mass is 16.5. The van der Waals surface area contributed by atoms with Gasteiger partial charge >= 0.3 is 0 Å². The fourth-order valence-electron chi connectivity index (χ4n) is 2.21. The van der Waals surface area contributed by atoms with Crippen LogP contribution in [0.1, 0.15) is 39.0 Å². The summed E-state index contributed by atoms with van der Waals surface area (Å²) in [7, 11) is 1.64. The molecule has 12 heavy (non-hydrogen) atoms. The maximum absolute atomic E-state index is 9.85. The van der Waals surface area contributed by atoms with Crippen LogP contribution in [0, 0.1) is 5.92 Å². The van der Waals surface area contributed by atoms with Gasteiger partial charge in [-0.1, -0.05) is 25.7 Å². The van der Waals surface area contributed by atoms with E-state index >= 15 is 0 Å². The molecule has 1 N–H and O–H groups in total. The monoisotopic (exact) mass is 172 g/mol. The van der Waals surface area contributed by atoms with E-state index in [0.717, 1.165) is 12.3 Å². The second-order valence-electron chi connectivity index (χ2n) is 4.28. The molecule has 0 aromatic rings. The molecule has 0 heterocycles. The smallest absolute Gasteiger partial charge is 0.0854 e. The van der Waals surface area contributed by atoms with Crippen molar-refractivity contribution >= 4 is 0 Å². The molecule has 1 aliphatic rings. The normalized spacial score (nSPS) is 24.2. The summed E-state index contributed by atoms with van der Waals surface area (Å²) in [5, 5.41) is 9.85. The van der Waals surface area contributed by atoms with Crippen LogP contribution < -0.4 is 0 Å². The van der Waals surface area contributed by atoms with E-state index < -0.39 is 5.60 Å². The van der Waals surface area contributed by atoms with E-state index in [9.17, 15) is 5.11 Å². The average molecular weight is 172 g/mol. The second kappa shape index (κ2) is 4.24. The molecule has 0 saturated heterocycles. The van der Waals surface area contributed by atoms with E-state index in [-0.39, 0.29) is 0 Å². The zero-order valence-corrected chi connectivity index (χ0v) is 8.18. The minimum absolute atomic E-state index is 0.462. The molecule has 1 aliphatic carbocycles. The van der Waals surface area contributed by atoms with Crippen LogP contribution in [0.3, 0.4) is 0 Å².